The van der Waals surface area contributed by atoms with Crippen LogP contribution >= 0.6 is 28.3 Å². The molecule has 1 aromatic carbocycles. The van der Waals surface area contributed by atoms with Gasteiger partial charge in [0, 0.05) is 36.1 Å². The molecule has 0 aliphatic carbocycles. The summed E-state index contributed by atoms with van der Waals surface area (Å²) in [5.41, 5.74) is 0.532. The minimum atomic E-state index is -0.276. The first-order chi connectivity index (χ1) is 9.06. The van der Waals surface area contributed by atoms with Gasteiger partial charge in [-0.2, -0.15) is 0 Å². The molecule has 1 aliphatic rings. The van der Waals surface area contributed by atoms with Gasteiger partial charge in [0.15, 0.2) is 0 Å². The van der Waals surface area contributed by atoms with Crippen molar-refractivity contribution in [3.63, 3.8) is 0 Å². The molecule has 1 N–H and O–H groups in total. The lowest BCUT2D eigenvalue weighted by Crippen LogP contribution is -2.33. The van der Waals surface area contributed by atoms with Crippen LogP contribution in [0.15, 0.2) is 22.7 Å². The average molecular weight is 366 g/mol. The number of benzene rings is 1. The monoisotopic (exact) mass is 364 g/mol. The van der Waals surface area contributed by atoms with Crippen molar-refractivity contribution in [2.45, 2.75) is 31.8 Å². The van der Waals surface area contributed by atoms with Crippen LogP contribution < -0.4 is 5.32 Å². The molecule has 0 spiro atoms. The molecule has 0 saturated carbocycles. The lowest BCUT2D eigenvalue weighted by Gasteiger charge is -2.20. The Hall–Kier alpha value is -0.650. The minimum Gasteiger partial charge on any atom is -0.341 e. The largest absolute Gasteiger partial charge is 0.341 e. The fraction of sp³-hybridized carbons (Fsp3) is 0.500. The molecule has 1 aliphatic heterocycles. The molecule has 1 saturated heterocycles. The molecule has 0 bridgehead atoms. The number of hydrogen-bond donors (Lipinski definition) is 1. The topological polar surface area (TPSA) is 32.3 Å². The summed E-state index contributed by atoms with van der Waals surface area (Å²) in [6, 6.07) is 5.06. The van der Waals surface area contributed by atoms with Gasteiger partial charge in [-0.05, 0) is 37.6 Å². The maximum absolute atomic E-state index is 13.6. The molecule has 1 fully saturated rings. The molecule has 112 valence electrons. The summed E-state index contributed by atoms with van der Waals surface area (Å²) >= 11 is 3.31. The first-order valence-corrected chi connectivity index (χ1v) is 7.27. The first-order valence-electron chi connectivity index (χ1n) is 6.47. The van der Waals surface area contributed by atoms with E-state index in [2.05, 4.69) is 21.2 Å². The molecule has 20 heavy (non-hydrogen) atoms. The molecular weight excluding hydrogens is 347 g/mol. The lowest BCUT2D eigenvalue weighted by molar-refractivity contribution is -0.130. The van der Waals surface area contributed by atoms with Gasteiger partial charge < -0.3 is 10.2 Å². The van der Waals surface area contributed by atoms with Crippen molar-refractivity contribution in [1.82, 2.24) is 10.2 Å². The van der Waals surface area contributed by atoms with Gasteiger partial charge in [0.05, 0.1) is 0 Å². The smallest absolute Gasteiger partial charge is 0.224 e. The lowest BCUT2D eigenvalue weighted by atomic mass is 10.1. The van der Waals surface area contributed by atoms with Crippen LogP contribution in [0.5, 0.6) is 0 Å². The van der Waals surface area contributed by atoms with E-state index < -0.39 is 0 Å². The van der Waals surface area contributed by atoms with Gasteiger partial charge in [-0.1, -0.05) is 15.9 Å². The van der Waals surface area contributed by atoms with Gasteiger partial charge in [0.25, 0.3) is 0 Å². The van der Waals surface area contributed by atoms with Gasteiger partial charge in [-0.15, -0.1) is 12.4 Å². The van der Waals surface area contributed by atoms with Gasteiger partial charge in [0.1, 0.15) is 5.82 Å². The summed E-state index contributed by atoms with van der Waals surface area (Å²) in [5, 5.41) is 3.30. The van der Waals surface area contributed by atoms with Gasteiger partial charge in [-0.25, -0.2) is 4.39 Å². The summed E-state index contributed by atoms with van der Waals surface area (Å²) < 4.78 is 14.4. The average Bonchev–Trinajstić information content (AvgIpc) is 2.86. The summed E-state index contributed by atoms with van der Waals surface area (Å²) in [5.74, 6) is -0.222. The Morgan fingerprint density at radius 3 is 2.95 bits per heavy atom. The minimum absolute atomic E-state index is 0. The predicted octanol–water partition coefficient (Wildman–Crippen LogP) is 3.11. The second-order valence-corrected chi connectivity index (χ2v) is 5.90. The third kappa shape index (κ3) is 4.72. The summed E-state index contributed by atoms with van der Waals surface area (Å²) in [6.07, 6.45) is 2.67. The fourth-order valence-corrected chi connectivity index (χ4v) is 2.71. The molecule has 1 atom stereocenters. The van der Waals surface area contributed by atoms with Crippen LogP contribution in [0, 0.1) is 5.82 Å². The van der Waals surface area contributed by atoms with Gasteiger partial charge in [0.2, 0.25) is 5.91 Å². The van der Waals surface area contributed by atoms with Crippen molar-refractivity contribution in [3.8, 4) is 0 Å². The van der Waals surface area contributed by atoms with E-state index in [9.17, 15) is 9.18 Å². The highest BCUT2D eigenvalue weighted by Gasteiger charge is 2.20. The second-order valence-electron chi connectivity index (χ2n) is 4.98. The molecule has 6 heteroatoms. The molecule has 0 radical (unpaired) electrons. The standard InChI is InChI=1S/C14H18BrFN2O.ClH/c1-18(14(19)8-12-3-2-6-17-12)9-10-7-11(15)4-5-13(10)16;/h4-5,7,12,17H,2-3,6,8-9H2,1H3;1H. The molecule has 1 heterocycles. The normalized spacial score (nSPS) is 17.6. The van der Waals surface area contributed by atoms with E-state index in [0.717, 1.165) is 23.9 Å². The Kier molecular flexibility index (Phi) is 6.92. The number of rotatable bonds is 4. The molecule has 1 unspecified atom stereocenters. The Morgan fingerprint density at radius 1 is 1.55 bits per heavy atom. The molecule has 0 aromatic heterocycles. The van der Waals surface area contributed by atoms with E-state index in [1.54, 1.807) is 24.1 Å². The number of nitrogens with zero attached hydrogens (tertiary/aromatic N) is 1. The summed E-state index contributed by atoms with van der Waals surface area (Å²) in [7, 11) is 1.72. The molecule has 3 nitrogen and oxygen atoms in total. The maximum Gasteiger partial charge on any atom is 0.224 e. The van der Waals surface area contributed by atoms with E-state index in [0.29, 0.717) is 18.5 Å². The van der Waals surface area contributed by atoms with Crippen molar-refractivity contribution in [2.24, 2.45) is 0 Å². The quantitative estimate of drug-likeness (QED) is 0.889. The molecule has 1 amide bonds. The van der Waals surface area contributed by atoms with Crippen molar-refractivity contribution in [1.29, 1.82) is 0 Å². The third-order valence-corrected chi connectivity index (χ3v) is 3.92. The molecule has 1 aromatic rings. The van der Waals surface area contributed by atoms with E-state index in [4.69, 9.17) is 0 Å². The Labute approximate surface area is 133 Å². The highest BCUT2D eigenvalue weighted by Crippen LogP contribution is 2.18. The van der Waals surface area contributed by atoms with E-state index in [1.165, 1.54) is 6.07 Å². The number of carbonyl (C=O) groups is 1. The van der Waals surface area contributed by atoms with Gasteiger partial charge in [-0.3, -0.25) is 4.79 Å². The van der Waals surface area contributed by atoms with Crippen LogP contribution in [0.2, 0.25) is 0 Å². The van der Waals surface area contributed by atoms with Crippen LogP contribution in [-0.4, -0.2) is 30.4 Å². The Bertz CT molecular complexity index is 466. The van der Waals surface area contributed by atoms with Crippen molar-refractivity contribution < 1.29 is 9.18 Å². The molecular formula is C14H19BrClFN2O. The van der Waals surface area contributed by atoms with E-state index in [-0.39, 0.29) is 30.2 Å². The van der Waals surface area contributed by atoms with Crippen molar-refractivity contribution in [2.75, 3.05) is 13.6 Å². The summed E-state index contributed by atoms with van der Waals surface area (Å²) in [6.45, 7) is 1.29. The highest BCUT2D eigenvalue weighted by atomic mass is 79.9. The number of amides is 1. The maximum atomic E-state index is 13.6. The van der Waals surface area contributed by atoms with Crippen molar-refractivity contribution >= 4 is 34.2 Å². The number of nitrogens with one attached hydrogen (secondary N) is 1. The summed E-state index contributed by atoms with van der Waals surface area (Å²) in [4.78, 5) is 13.6. The van der Waals surface area contributed by atoms with Crippen LogP contribution in [0.25, 0.3) is 0 Å². The predicted molar refractivity (Wildman–Crippen MR) is 83.5 cm³/mol. The van der Waals surface area contributed by atoms with Crippen LogP contribution in [0.1, 0.15) is 24.8 Å². The fourth-order valence-electron chi connectivity index (χ4n) is 2.31. The SMILES string of the molecule is CN(Cc1cc(Br)ccc1F)C(=O)CC1CCCN1.Cl. The third-order valence-electron chi connectivity index (χ3n) is 3.42. The zero-order chi connectivity index (χ0) is 13.8. The Balaban J connectivity index is 0.00000200. The van der Waals surface area contributed by atoms with Crippen LogP contribution in [0.3, 0.4) is 0 Å². The molecule has 2 rings (SSSR count). The number of halogens is 3. The van der Waals surface area contributed by atoms with Crippen molar-refractivity contribution in [3.05, 3.63) is 34.1 Å². The van der Waals surface area contributed by atoms with Crippen LogP contribution in [-0.2, 0) is 11.3 Å². The zero-order valence-corrected chi connectivity index (χ0v) is 13.8. The zero-order valence-electron chi connectivity index (χ0n) is 11.4. The highest BCUT2D eigenvalue weighted by molar-refractivity contribution is 9.10. The Morgan fingerprint density at radius 2 is 2.30 bits per heavy atom. The van der Waals surface area contributed by atoms with Gasteiger partial charge >= 0.3 is 0 Å². The van der Waals surface area contributed by atoms with E-state index in [1.807, 2.05) is 0 Å². The second kappa shape index (κ2) is 7.96. The number of hydrogen-bond acceptors (Lipinski definition) is 2. The first kappa shape index (κ1) is 17.4. The number of carbonyl (C=O) groups excluding carboxylic acids is 1. The van der Waals surface area contributed by atoms with Crippen LogP contribution in [0.4, 0.5) is 4.39 Å². The van der Waals surface area contributed by atoms with E-state index >= 15 is 0 Å².